The van der Waals surface area contributed by atoms with Crippen molar-refractivity contribution in [2.45, 2.75) is 0 Å². The third-order valence-electron chi connectivity index (χ3n) is 2.49. The third-order valence-corrected chi connectivity index (χ3v) is 3.04. The predicted molar refractivity (Wildman–Crippen MR) is 81.8 cm³/mol. The topological polar surface area (TPSA) is 80.3 Å². The quantitative estimate of drug-likeness (QED) is 0.837. The minimum atomic E-state index is -0.548. The van der Waals surface area contributed by atoms with Crippen LogP contribution < -0.4 is 15.6 Å². The van der Waals surface area contributed by atoms with Gasteiger partial charge in [0.2, 0.25) is 0 Å². The van der Waals surface area contributed by atoms with Gasteiger partial charge in [0.25, 0.3) is 11.8 Å². The Hall–Kier alpha value is -2.31. The predicted octanol–water partition coefficient (Wildman–Crippen LogP) is 2.23. The monoisotopic (exact) mass is 339 g/mol. The fourth-order valence-corrected chi connectivity index (χ4v) is 1.80. The molecule has 0 spiro atoms. The van der Waals surface area contributed by atoms with Crippen LogP contribution in [-0.4, -0.2) is 23.4 Å². The average molecular weight is 340 g/mol. The van der Waals surface area contributed by atoms with Crippen molar-refractivity contribution in [3.63, 3.8) is 0 Å². The lowest BCUT2D eigenvalue weighted by atomic mass is 10.3. The highest BCUT2D eigenvalue weighted by atomic mass is 35.5. The van der Waals surface area contributed by atoms with Crippen LogP contribution in [0.4, 0.5) is 0 Å². The van der Waals surface area contributed by atoms with E-state index in [4.69, 9.17) is 27.9 Å². The molecule has 6 nitrogen and oxygen atoms in total. The highest BCUT2D eigenvalue weighted by Crippen LogP contribution is 2.27. The minimum absolute atomic E-state index is 0.280. The van der Waals surface area contributed by atoms with Crippen LogP contribution in [0, 0.1) is 0 Å². The number of rotatable bonds is 4. The zero-order valence-electron chi connectivity index (χ0n) is 11.2. The van der Waals surface area contributed by atoms with Crippen molar-refractivity contribution < 1.29 is 14.3 Å². The summed E-state index contributed by atoms with van der Waals surface area (Å²) >= 11 is 11.7. The Morgan fingerprint density at radius 2 is 2.00 bits per heavy atom. The lowest BCUT2D eigenvalue weighted by Gasteiger charge is -2.09. The molecule has 0 saturated heterocycles. The number of hydrogen-bond donors (Lipinski definition) is 2. The van der Waals surface area contributed by atoms with Crippen LogP contribution in [0.15, 0.2) is 42.7 Å². The highest BCUT2D eigenvalue weighted by Gasteiger charge is 2.09. The third kappa shape index (κ3) is 4.61. The molecule has 0 aliphatic heterocycles. The number of hydrogen-bond acceptors (Lipinski definition) is 4. The summed E-state index contributed by atoms with van der Waals surface area (Å²) < 4.78 is 5.23. The molecule has 1 aromatic heterocycles. The molecule has 0 aliphatic carbocycles. The van der Waals surface area contributed by atoms with Crippen molar-refractivity contribution in [1.82, 2.24) is 15.8 Å². The molecule has 2 N–H and O–H groups in total. The molecule has 0 unspecified atom stereocenters. The first-order chi connectivity index (χ1) is 10.6. The van der Waals surface area contributed by atoms with E-state index in [0.29, 0.717) is 15.6 Å². The molecular weight excluding hydrogens is 329 g/mol. The standard InChI is InChI=1S/C14H11Cl2N3O3/c15-10-3-4-11(16)12(6-10)22-8-13(20)18-19-14(21)9-2-1-5-17-7-9/h1-7H,8H2,(H,18,20)(H,19,21). The molecule has 114 valence electrons. The summed E-state index contributed by atoms with van der Waals surface area (Å²) in [5, 5.41) is 0.765. The first kappa shape index (κ1) is 16.1. The number of ether oxygens (including phenoxy) is 1. The van der Waals surface area contributed by atoms with Crippen molar-refractivity contribution >= 4 is 35.0 Å². The largest absolute Gasteiger partial charge is 0.482 e. The van der Waals surface area contributed by atoms with Gasteiger partial charge < -0.3 is 4.74 Å². The van der Waals surface area contributed by atoms with Gasteiger partial charge in [-0.1, -0.05) is 23.2 Å². The van der Waals surface area contributed by atoms with Gasteiger partial charge in [0.1, 0.15) is 5.75 Å². The maximum Gasteiger partial charge on any atom is 0.276 e. The van der Waals surface area contributed by atoms with Crippen LogP contribution in [0.2, 0.25) is 10.0 Å². The van der Waals surface area contributed by atoms with Gasteiger partial charge >= 0.3 is 0 Å². The van der Waals surface area contributed by atoms with Crippen molar-refractivity contribution in [2.75, 3.05) is 6.61 Å². The van der Waals surface area contributed by atoms with Gasteiger partial charge in [0.05, 0.1) is 10.6 Å². The zero-order chi connectivity index (χ0) is 15.9. The number of aromatic nitrogens is 1. The molecular formula is C14H11Cl2N3O3. The number of nitrogens with one attached hydrogen (secondary N) is 2. The van der Waals surface area contributed by atoms with Gasteiger partial charge in [-0.05, 0) is 24.3 Å². The zero-order valence-corrected chi connectivity index (χ0v) is 12.7. The number of hydrazine groups is 1. The summed E-state index contributed by atoms with van der Waals surface area (Å²) in [6.07, 6.45) is 2.92. The average Bonchev–Trinajstić information content (AvgIpc) is 2.54. The summed E-state index contributed by atoms with van der Waals surface area (Å²) in [7, 11) is 0. The number of halogens is 2. The molecule has 0 fully saturated rings. The van der Waals surface area contributed by atoms with Crippen LogP contribution in [0.1, 0.15) is 10.4 Å². The Morgan fingerprint density at radius 1 is 1.18 bits per heavy atom. The lowest BCUT2D eigenvalue weighted by molar-refractivity contribution is -0.123. The molecule has 1 heterocycles. The van der Waals surface area contributed by atoms with Crippen molar-refractivity contribution in [2.24, 2.45) is 0 Å². The van der Waals surface area contributed by atoms with E-state index in [1.807, 2.05) is 0 Å². The van der Waals surface area contributed by atoms with Gasteiger partial charge in [0, 0.05) is 23.5 Å². The van der Waals surface area contributed by atoms with E-state index in [-0.39, 0.29) is 12.4 Å². The molecule has 22 heavy (non-hydrogen) atoms. The molecule has 0 saturated carbocycles. The SMILES string of the molecule is O=C(COc1cc(Cl)ccc1Cl)NNC(=O)c1cccnc1. The van der Waals surface area contributed by atoms with E-state index in [2.05, 4.69) is 15.8 Å². The van der Waals surface area contributed by atoms with Gasteiger partial charge in [-0.15, -0.1) is 0 Å². The van der Waals surface area contributed by atoms with Crippen LogP contribution in [0.3, 0.4) is 0 Å². The van der Waals surface area contributed by atoms with Crippen molar-refractivity contribution in [3.8, 4) is 5.75 Å². The number of carbonyl (C=O) groups excluding carboxylic acids is 2. The Morgan fingerprint density at radius 3 is 2.73 bits per heavy atom. The number of carbonyl (C=O) groups is 2. The molecule has 2 aromatic rings. The highest BCUT2D eigenvalue weighted by molar-refractivity contribution is 6.34. The lowest BCUT2D eigenvalue weighted by Crippen LogP contribution is -2.43. The second-order valence-electron chi connectivity index (χ2n) is 4.11. The fourth-order valence-electron chi connectivity index (χ4n) is 1.46. The van der Waals surface area contributed by atoms with Crippen LogP contribution >= 0.6 is 23.2 Å². The van der Waals surface area contributed by atoms with Gasteiger partial charge in [-0.2, -0.15) is 0 Å². The molecule has 0 aliphatic rings. The number of nitrogens with zero attached hydrogens (tertiary/aromatic N) is 1. The van der Waals surface area contributed by atoms with E-state index in [9.17, 15) is 9.59 Å². The van der Waals surface area contributed by atoms with E-state index < -0.39 is 11.8 Å². The summed E-state index contributed by atoms with van der Waals surface area (Å²) in [5.74, 6) is -0.751. The number of amides is 2. The molecule has 2 amide bonds. The van der Waals surface area contributed by atoms with Crippen LogP contribution in [-0.2, 0) is 4.79 Å². The van der Waals surface area contributed by atoms with Gasteiger partial charge in [0.15, 0.2) is 6.61 Å². The van der Waals surface area contributed by atoms with E-state index in [0.717, 1.165) is 0 Å². The number of pyridine rings is 1. The Labute approximate surface area is 136 Å². The van der Waals surface area contributed by atoms with Crippen LogP contribution in [0.5, 0.6) is 5.75 Å². The number of benzene rings is 1. The normalized spacial score (nSPS) is 9.91. The van der Waals surface area contributed by atoms with Crippen LogP contribution in [0.25, 0.3) is 0 Å². The molecule has 0 radical (unpaired) electrons. The summed E-state index contributed by atoms with van der Waals surface area (Å²) in [4.78, 5) is 27.1. The summed E-state index contributed by atoms with van der Waals surface area (Å²) in [6.45, 7) is -0.326. The smallest absolute Gasteiger partial charge is 0.276 e. The Bertz CT molecular complexity index is 680. The molecule has 8 heteroatoms. The summed E-state index contributed by atoms with van der Waals surface area (Å²) in [5.41, 5.74) is 4.78. The van der Waals surface area contributed by atoms with E-state index in [1.54, 1.807) is 24.3 Å². The second kappa shape index (κ2) is 7.63. The van der Waals surface area contributed by atoms with E-state index >= 15 is 0 Å². The molecule has 1 aromatic carbocycles. The first-order valence-corrected chi connectivity index (χ1v) is 6.89. The molecule has 2 rings (SSSR count). The van der Waals surface area contributed by atoms with E-state index in [1.165, 1.54) is 18.5 Å². The summed E-state index contributed by atoms with van der Waals surface area (Å²) in [6, 6.07) is 7.83. The van der Waals surface area contributed by atoms with Crippen molar-refractivity contribution in [3.05, 3.63) is 58.3 Å². The van der Waals surface area contributed by atoms with Gasteiger partial charge in [-0.25, -0.2) is 0 Å². The molecule has 0 bridgehead atoms. The maximum absolute atomic E-state index is 11.7. The Kier molecular flexibility index (Phi) is 5.57. The van der Waals surface area contributed by atoms with Crippen molar-refractivity contribution in [1.29, 1.82) is 0 Å². The maximum atomic E-state index is 11.7. The first-order valence-electron chi connectivity index (χ1n) is 6.13. The molecule has 0 atom stereocenters. The second-order valence-corrected chi connectivity index (χ2v) is 4.95. The minimum Gasteiger partial charge on any atom is -0.482 e. The Balaban J connectivity index is 1.81. The fraction of sp³-hybridized carbons (Fsp3) is 0.0714. The van der Waals surface area contributed by atoms with Gasteiger partial charge in [-0.3, -0.25) is 25.4 Å².